The second-order valence-electron chi connectivity index (χ2n) is 3.22. The number of rotatable bonds is 1. The van der Waals surface area contributed by atoms with Gasteiger partial charge < -0.3 is 0 Å². The first-order valence-electron chi connectivity index (χ1n) is 4.40. The summed E-state index contributed by atoms with van der Waals surface area (Å²) in [5.74, 6) is 7.18. The molecule has 0 aliphatic carbocycles. The molecule has 0 atom stereocenters. The summed E-state index contributed by atoms with van der Waals surface area (Å²) >= 11 is 0. The number of nitrogens with two attached hydrogens (primary N) is 1. The fraction of sp³-hybridized carbons (Fsp3) is 0.200. The van der Waals surface area contributed by atoms with Crippen molar-refractivity contribution in [3.05, 3.63) is 30.1 Å². The van der Waals surface area contributed by atoms with Gasteiger partial charge in [0.25, 0.3) is 0 Å². The molecule has 0 saturated heterocycles. The van der Waals surface area contributed by atoms with Crippen LogP contribution >= 0.6 is 0 Å². The van der Waals surface area contributed by atoms with Crippen LogP contribution in [0.4, 0.5) is 5.82 Å². The van der Waals surface area contributed by atoms with Gasteiger partial charge in [0.05, 0.1) is 5.52 Å². The lowest BCUT2D eigenvalue weighted by Crippen LogP contribution is -2.26. The van der Waals surface area contributed by atoms with Crippen molar-refractivity contribution in [2.24, 2.45) is 5.84 Å². The highest BCUT2D eigenvalue weighted by Gasteiger charge is 2.06. The Morgan fingerprint density at radius 1 is 1.21 bits per heavy atom. The van der Waals surface area contributed by atoms with Gasteiger partial charge in [-0.05, 0) is 19.1 Å². The lowest BCUT2D eigenvalue weighted by Gasteiger charge is -2.13. The van der Waals surface area contributed by atoms with Crippen molar-refractivity contribution in [1.82, 2.24) is 9.97 Å². The first-order valence-corrected chi connectivity index (χ1v) is 4.40. The van der Waals surface area contributed by atoms with Crippen molar-refractivity contribution < 1.29 is 0 Å². The number of hydrogen-bond acceptors (Lipinski definition) is 4. The van der Waals surface area contributed by atoms with E-state index in [-0.39, 0.29) is 0 Å². The fourth-order valence-corrected chi connectivity index (χ4v) is 1.44. The van der Waals surface area contributed by atoms with Gasteiger partial charge in [-0.1, -0.05) is 12.1 Å². The second kappa shape index (κ2) is 3.23. The van der Waals surface area contributed by atoms with Gasteiger partial charge in [0, 0.05) is 12.4 Å². The SMILES string of the molecule is Cc1nc(N(C)N)c2ccccc2n1. The minimum atomic E-state index is 0.732. The Morgan fingerprint density at radius 2 is 1.93 bits per heavy atom. The lowest BCUT2D eigenvalue weighted by atomic mass is 10.2. The van der Waals surface area contributed by atoms with E-state index in [2.05, 4.69) is 9.97 Å². The number of hydrogen-bond donors (Lipinski definition) is 1. The maximum atomic E-state index is 5.69. The molecule has 0 fully saturated rings. The molecule has 1 aromatic carbocycles. The van der Waals surface area contributed by atoms with Gasteiger partial charge >= 0.3 is 0 Å². The molecule has 1 aromatic heterocycles. The number of para-hydroxylation sites is 1. The van der Waals surface area contributed by atoms with Crippen molar-refractivity contribution in [2.45, 2.75) is 6.92 Å². The number of anilines is 1. The van der Waals surface area contributed by atoms with Crippen LogP contribution < -0.4 is 10.9 Å². The molecule has 0 saturated carbocycles. The van der Waals surface area contributed by atoms with Crippen LogP contribution in [0.5, 0.6) is 0 Å². The molecule has 0 spiro atoms. The van der Waals surface area contributed by atoms with Crippen LogP contribution in [0.3, 0.4) is 0 Å². The van der Waals surface area contributed by atoms with Gasteiger partial charge in [0.1, 0.15) is 5.82 Å². The number of nitrogens with zero attached hydrogens (tertiary/aromatic N) is 3. The highest BCUT2D eigenvalue weighted by Crippen LogP contribution is 2.20. The van der Waals surface area contributed by atoms with Crippen LogP contribution in [0.25, 0.3) is 10.9 Å². The molecule has 0 bridgehead atoms. The van der Waals surface area contributed by atoms with Crippen LogP contribution in [0.2, 0.25) is 0 Å². The minimum Gasteiger partial charge on any atom is -0.297 e. The number of hydrazine groups is 1. The van der Waals surface area contributed by atoms with E-state index in [4.69, 9.17) is 5.84 Å². The van der Waals surface area contributed by atoms with Crippen LogP contribution in [-0.2, 0) is 0 Å². The quantitative estimate of drug-likeness (QED) is 0.540. The maximum absolute atomic E-state index is 5.69. The molecule has 0 amide bonds. The molecule has 4 heteroatoms. The third-order valence-corrected chi connectivity index (χ3v) is 2.03. The van der Waals surface area contributed by atoms with Gasteiger partial charge in [0.15, 0.2) is 5.82 Å². The Hall–Kier alpha value is -1.68. The highest BCUT2D eigenvalue weighted by molar-refractivity contribution is 5.89. The molecule has 0 unspecified atom stereocenters. The molecule has 0 radical (unpaired) electrons. The first kappa shape index (κ1) is 8.90. The monoisotopic (exact) mass is 188 g/mol. The van der Waals surface area contributed by atoms with Crippen LogP contribution in [-0.4, -0.2) is 17.0 Å². The summed E-state index contributed by atoms with van der Waals surface area (Å²) in [6.07, 6.45) is 0. The average molecular weight is 188 g/mol. The molecular formula is C10H12N4. The van der Waals surface area contributed by atoms with Crippen LogP contribution in [0.1, 0.15) is 5.82 Å². The second-order valence-corrected chi connectivity index (χ2v) is 3.22. The third-order valence-electron chi connectivity index (χ3n) is 2.03. The minimum absolute atomic E-state index is 0.732. The first-order chi connectivity index (χ1) is 6.68. The predicted octanol–water partition coefficient (Wildman–Crippen LogP) is 1.25. The molecule has 2 aromatic rings. The van der Waals surface area contributed by atoms with Crippen molar-refractivity contribution in [3.8, 4) is 0 Å². The topological polar surface area (TPSA) is 55.0 Å². The van der Waals surface area contributed by atoms with E-state index in [1.807, 2.05) is 31.2 Å². The Kier molecular flexibility index (Phi) is 2.05. The summed E-state index contributed by atoms with van der Waals surface area (Å²) in [6.45, 7) is 1.86. The van der Waals surface area contributed by atoms with Crippen molar-refractivity contribution in [2.75, 3.05) is 12.1 Å². The highest BCUT2D eigenvalue weighted by atomic mass is 15.4. The van der Waals surface area contributed by atoms with Crippen molar-refractivity contribution in [3.63, 3.8) is 0 Å². The van der Waals surface area contributed by atoms with Crippen LogP contribution in [0, 0.1) is 6.92 Å². The molecule has 0 aliphatic heterocycles. The molecular weight excluding hydrogens is 176 g/mol. The van der Waals surface area contributed by atoms with E-state index in [9.17, 15) is 0 Å². The number of fused-ring (bicyclic) bond motifs is 1. The molecule has 4 nitrogen and oxygen atoms in total. The molecule has 1 heterocycles. The number of benzene rings is 1. The molecule has 14 heavy (non-hydrogen) atoms. The molecule has 0 aliphatic rings. The smallest absolute Gasteiger partial charge is 0.153 e. The summed E-state index contributed by atoms with van der Waals surface area (Å²) in [7, 11) is 1.77. The maximum Gasteiger partial charge on any atom is 0.153 e. The normalized spacial score (nSPS) is 10.5. The summed E-state index contributed by atoms with van der Waals surface area (Å²) in [4.78, 5) is 8.62. The summed E-state index contributed by atoms with van der Waals surface area (Å²) in [6, 6.07) is 7.83. The van der Waals surface area contributed by atoms with Gasteiger partial charge in [-0.15, -0.1) is 0 Å². The van der Waals surface area contributed by atoms with E-state index in [0.29, 0.717) is 0 Å². The Morgan fingerprint density at radius 3 is 2.64 bits per heavy atom. The fourth-order valence-electron chi connectivity index (χ4n) is 1.44. The summed E-state index contributed by atoms with van der Waals surface area (Å²) < 4.78 is 0. The zero-order valence-corrected chi connectivity index (χ0v) is 8.23. The zero-order chi connectivity index (χ0) is 10.1. The van der Waals surface area contributed by atoms with Gasteiger partial charge in [-0.2, -0.15) is 0 Å². The summed E-state index contributed by atoms with van der Waals surface area (Å²) in [5.41, 5.74) is 0.923. The zero-order valence-electron chi connectivity index (χ0n) is 8.23. The van der Waals surface area contributed by atoms with Crippen LogP contribution in [0.15, 0.2) is 24.3 Å². The van der Waals surface area contributed by atoms with Gasteiger partial charge in [0.2, 0.25) is 0 Å². The Balaban J connectivity index is 2.80. The van der Waals surface area contributed by atoms with Gasteiger partial charge in [-0.25, -0.2) is 15.8 Å². The standard InChI is InChI=1S/C10H12N4/c1-7-12-9-6-4-3-5-8(9)10(13-7)14(2)11/h3-6H,11H2,1-2H3. The third kappa shape index (κ3) is 1.40. The average Bonchev–Trinajstić information content (AvgIpc) is 2.16. The van der Waals surface area contributed by atoms with E-state index in [1.54, 1.807) is 7.05 Å². The van der Waals surface area contributed by atoms with Crippen molar-refractivity contribution >= 4 is 16.7 Å². The molecule has 72 valence electrons. The van der Waals surface area contributed by atoms with E-state index < -0.39 is 0 Å². The van der Waals surface area contributed by atoms with E-state index in [1.165, 1.54) is 5.01 Å². The van der Waals surface area contributed by atoms with E-state index in [0.717, 1.165) is 22.5 Å². The molecule has 2 rings (SSSR count). The van der Waals surface area contributed by atoms with Gasteiger partial charge in [-0.3, -0.25) is 5.01 Å². The largest absolute Gasteiger partial charge is 0.297 e. The van der Waals surface area contributed by atoms with Crippen molar-refractivity contribution in [1.29, 1.82) is 0 Å². The summed E-state index contributed by atoms with van der Waals surface area (Å²) in [5, 5.41) is 2.49. The molecule has 2 N–H and O–H groups in total. The lowest BCUT2D eigenvalue weighted by molar-refractivity contribution is 0.956. The Bertz CT molecular complexity index is 465. The predicted molar refractivity (Wildman–Crippen MR) is 56.9 cm³/mol. The number of aromatic nitrogens is 2. The number of aryl methyl sites for hydroxylation is 1. The Labute approximate surface area is 82.4 Å². The van der Waals surface area contributed by atoms with E-state index >= 15 is 0 Å².